The van der Waals surface area contributed by atoms with Crippen LogP contribution in [0.1, 0.15) is 5.56 Å². The van der Waals surface area contributed by atoms with E-state index in [4.69, 9.17) is 0 Å². The standard InChI is InChI=1S/C15H14N4O2S/c1-22(20,21)19-7-4-10(9-19)11-2-5-16-13-8-18-15-12(14(11)13)3-6-17-15/h2-6,8,16H,7,9H2,1H3. The van der Waals surface area contributed by atoms with Crippen LogP contribution in [0.5, 0.6) is 0 Å². The second kappa shape index (κ2) is 4.62. The molecule has 4 heterocycles. The molecule has 0 aliphatic carbocycles. The summed E-state index contributed by atoms with van der Waals surface area (Å²) < 4.78 is 24.9. The predicted octanol–water partition coefficient (Wildman–Crippen LogP) is 1.77. The number of sulfonamides is 1. The quantitative estimate of drug-likeness (QED) is 0.782. The third kappa shape index (κ3) is 2.01. The average molecular weight is 314 g/mol. The maximum Gasteiger partial charge on any atom is 0.211 e. The van der Waals surface area contributed by atoms with E-state index in [1.807, 2.05) is 24.4 Å². The molecule has 3 aromatic heterocycles. The van der Waals surface area contributed by atoms with Crippen molar-refractivity contribution in [3.05, 3.63) is 42.4 Å². The molecule has 1 N–H and O–H groups in total. The van der Waals surface area contributed by atoms with E-state index >= 15 is 0 Å². The van der Waals surface area contributed by atoms with Crippen molar-refractivity contribution >= 4 is 37.5 Å². The predicted molar refractivity (Wildman–Crippen MR) is 85.8 cm³/mol. The molecule has 1 aliphatic rings. The zero-order valence-electron chi connectivity index (χ0n) is 11.9. The molecule has 4 rings (SSSR count). The first-order chi connectivity index (χ1) is 10.5. The number of fused-ring (bicyclic) bond motifs is 3. The van der Waals surface area contributed by atoms with E-state index in [1.54, 1.807) is 12.4 Å². The molecule has 112 valence electrons. The van der Waals surface area contributed by atoms with E-state index < -0.39 is 10.0 Å². The first kappa shape index (κ1) is 13.4. The normalized spacial score (nSPS) is 16.5. The topological polar surface area (TPSA) is 79.0 Å². The highest BCUT2D eigenvalue weighted by Crippen LogP contribution is 2.32. The molecule has 0 saturated heterocycles. The van der Waals surface area contributed by atoms with Crippen molar-refractivity contribution in [2.24, 2.45) is 0 Å². The summed E-state index contributed by atoms with van der Waals surface area (Å²) in [6.45, 7) is 0.817. The van der Waals surface area contributed by atoms with E-state index in [0.717, 1.165) is 27.4 Å². The van der Waals surface area contributed by atoms with Crippen molar-refractivity contribution in [3.63, 3.8) is 0 Å². The van der Waals surface area contributed by atoms with Crippen LogP contribution < -0.4 is 0 Å². The van der Waals surface area contributed by atoms with Crippen molar-refractivity contribution in [3.8, 4) is 0 Å². The van der Waals surface area contributed by atoms with E-state index in [0.29, 0.717) is 18.7 Å². The largest absolute Gasteiger partial charge is 0.360 e. The molecule has 3 aromatic rings. The summed E-state index contributed by atoms with van der Waals surface area (Å²) in [6, 6.07) is 3.91. The molecule has 1 aliphatic heterocycles. The van der Waals surface area contributed by atoms with E-state index in [9.17, 15) is 8.42 Å². The molecule has 0 unspecified atom stereocenters. The van der Waals surface area contributed by atoms with Gasteiger partial charge in [-0.15, -0.1) is 0 Å². The minimum absolute atomic E-state index is 0.399. The Bertz CT molecular complexity index is 1020. The fourth-order valence-corrected chi connectivity index (χ4v) is 3.62. The molecule has 0 amide bonds. The van der Waals surface area contributed by atoms with Crippen molar-refractivity contribution in [1.29, 1.82) is 0 Å². The second-order valence-electron chi connectivity index (χ2n) is 5.41. The molecule has 0 saturated carbocycles. The molecule has 0 aromatic carbocycles. The lowest BCUT2D eigenvalue weighted by molar-refractivity contribution is 0.496. The highest BCUT2D eigenvalue weighted by molar-refractivity contribution is 7.88. The van der Waals surface area contributed by atoms with Crippen LogP contribution in [0.15, 0.2) is 36.8 Å². The molecule has 6 nitrogen and oxygen atoms in total. The number of aromatic amines is 1. The van der Waals surface area contributed by atoms with Crippen LogP contribution in [0.2, 0.25) is 0 Å². The Kier molecular flexibility index (Phi) is 2.82. The van der Waals surface area contributed by atoms with Gasteiger partial charge in [-0.25, -0.2) is 18.4 Å². The van der Waals surface area contributed by atoms with Crippen molar-refractivity contribution in [2.75, 3.05) is 19.3 Å². The number of nitrogens with zero attached hydrogens (tertiary/aromatic N) is 3. The van der Waals surface area contributed by atoms with Gasteiger partial charge in [-0.1, -0.05) is 6.08 Å². The maximum absolute atomic E-state index is 11.7. The van der Waals surface area contributed by atoms with Crippen LogP contribution in [0.25, 0.3) is 27.5 Å². The van der Waals surface area contributed by atoms with Crippen LogP contribution >= 0.6 is 0 Å². The number of hydrogen-bond donors (Lipinski definition) is 1. The number of rotatable bonds is 2. The molecule has 7 heteroatoms. The summed E-state index contributed by atoms with van der Waals surface area (Å²) in [7, 11) is -3.18. The molecular formula is C15H14N4O2S. The first-order valence-corrected chi connectivity index (χ1v) is 8.74. The summed E-state index contributed by atoms with van der Waals surface area (Å²) in [6.07, 6.45) is 8.56. The summed E-state index contributed by atoms with van der Waals surface area (Å²) in [5, 5.41) is 2.01. The highest BCUT2D eigenvalue weighted by Gasteiger charge is 2.24. The lowest BCUT2D eigenvalue weighted by Gasteiger charge is -2.14. The van der Waals surface area contributed by atoms with E-state index in [1.165, 1.54) is 10.6 Å². The lowest BCUT2D eigenvalue weighted by Crippen LogP contribution is -2.27. The fraction of sp³-hybridized carbons (Fsp3) is 0.200. The van der Waals surface area contributed by atoms with Gasteiger partial charge in [0.15, 0.2) is 5.65 Å². The number of H-pyrrole nitrogens is 1. The van der Waals surface area contributed by atoms with E-state index in [-0.39, 0.29) is 0 Å². The van der Waals surface area contributed by atoms with Gasteiger partial charge in [0.1, 0.15) is 0 Å². The minimum atomic E-state index is -3.18. The number of aromatic nitrogens is 3. The van der Waals surface area contributed by atoms with Crippen LogP contribution in [-0.4, -0.2) is 47.0 Å². The van der Waals surface area contributed by atoms with Gasteiger partial charge in [0, 0.05) is 36.3 Å². The maximum atomic E-state index is 11.7. The van der Waals surface area contributed by atoms with Gasteiger partial charge in [-0.2, -0.15) is 4.31 Å². The Morgan fingerprint density at radius 1 is 1.27 bits per heavy atom. The zero-order valence-corrected chi connectivity index (χ0v) is 12.8. The van der Waals surface area contributed by atoms with Crippen LogP contribution in [0.4, 0.5) is 0 Å². The monoisotopic (exact) mass is 314 g/mol. The van der Waals surface area contributed by atoms with Gasteiger partial charge in [-0.3, -0.25) is 0 Å². The second-order valence-corrected chi connectivity index (χ2v) is 7.39. The lowest BCUT2D eigenvalue weighted by atomic mass is 10.0. The average Bonchev–Trinajstić information content (AvgIpc) is 3.15. The van der Waals surface area contributed by atoms with Crippen molar-refractivity contribution in [2.45, 2.75) is 0 Å². The molecule has 0 radical (unpaired) electrons. The summed E-state index contributed by atoms with van der Waals surface area (Å²) in [4.78, 5) is 11.8. The van der Waals surface area contributed by atoms with Gasteiger partial charge in [0.05, 0.1) is 18.0 Å². The van der Waals surface area contributed by atoms with Gasteiger partial charge in [0.25, 0.3) is 0 Å². The molecule has 0 spiro atoms. The molecule has 0 fully saturated rings. The van der Waals surface area contributed by atoms with Crippen LogP contribution in [0.3, 0.4) is 0 Å². The number of nitrogens with one attached hydrogen (secondary N) is 1. The highest BCUT2D eigenvalue weighted by atomic mass is 32.2. The van der Waals surface area contributed by atoms with Gasteiger partial charge in [0.2, 0.25) is 10.0 Å². The Morgan fingerprint density at radius 2 is 2.14 bits per heavy atom. The Balaban J connectivity index is 1.91. The number of hydrogen-bond acceptors (Lipinski definition) is 4. The SMILES string of the molecule is CS(=O)(=O)N1CC=C(c2cc[nH]c3cnc4nccc4c23)C1. The third-order valence-corrected chi connectivity index (χ3v) is 5.21. The minimum Gasteiger partial charge on any atom is -0.360 e. The van der Waals surface area contributed by atoms with Gasteiger partial charge < -0.3 is 4.98 Å². The first-order valence-electron chi connectivity index (χ1n) is 6.89. The smallest absolute Gasteiger partial charge is 0.211 e. The fourth-order valence-electron chi connectivity index (χ4n) is 2.90. The molecule has 22 heavy (non-hydrogen) atoms. The number of pyridine rings is 2. The molecular weight excluding hydrogens is 300 g/mol. The van der Waals surface area contributed by atoms with Crippen molar-refractivity contribution in [1.82, 2.24) is 19.3 Å². The molecule has 0 bridgehead atoms. The Labute approximate surface area is 127 Å². The molecule has 0 atom stereocenters. The van der Waals surface area contributed by atoms with Crippen molar-refractivity contribution < 1.29 is 8.42 Å². The van der Waals surface area contributed by atoms with Gasteiger partial charge >= 0.3 is 0 Å². The summed E-state index contributed by atoms with van der Waals surface area (Å²) in [5.41, 5.74) is 3.65. The third-order valence-electron chi connectivity index (χ3n) is 3.99. The van der Waals surface area contributed by atoms with Gasteiger partial charge in [-0.05, 0) is 23.3 Å². The summed E-state index contributed by atoms with van der Waals surface area (Å²) >= 11 is 0. The van der Waals surface area contributed by atoms with Crippen LogP contribution in [0, 0.1) is 0 Å². The summed E-state index contributed by atoms with van der Waals surface area (Å²) in [5.74, 6) is 0. The Hall–Kier alpha value is -2.25. The zero-order chi connectivity index (χ0) is 15.3. The van der Waals surface area contributed by atoms with Crippen LogP contribution in [-0.2, 0) is 10.0 Å². The van der Waals surface area contributed by atoms with E-state index in [2.05, 4.69) is 15.0 Å². The Morgan fingerprint density at radius 3 is 2.91 bits per heavy atom.